The van der Waals surface area contributed by atoms with E-state index in [-0.39, 0.29) is 5.91 Å². The van der Waals surface area contributed by atoms with Gasteiger partial charge in [0.15, 0.2) is 0 Å². The van der Waals surface area contributed by atoms with Crippen molar-refractivity contribution in [1.82, 2.24) is 14.9 Å². The summed E-state index contributed by atoms with van der Waals surface area (Å²) in [5.41, 5.74) is 2.46. The molecular weight excluding hydrogens is 364 g/mol. The first-order valence-electron chi connectivity index (χ1n) is 8.25. The van der Waals surface area contributed by atoms with Crippen molar-refractivity contribution in [3.05, 3.63) is 78.4 Å². The van der Waals surface area contributed by atoms with Gasteiger partial charge in [-0.15, -0.1) is 0 Å². The van der Waals surface area contributed by atoms with Crippen molar-refractivity contribution < 1.29 is 13.2 Å². The van der Waals surface area contributed by atoms with Crippen molar-refractivity contribution in [3.63, 3.8) is 0 Å². The average Bonchev–Trinajstić information content (AvgIpc) is 3.19. The summed E-state index contributed by atoms with van der Waals surface area (Å²) in [6.45, 7) is 0.296. The number of benzene rings is 2. The van der Waals surface area contributed by atoms with Crippen molar-refractivity contribution in [2.24, 2.45) is 0 Å². The van der Waals surface area contributed by atoms with Gasteiger partial charge in [0.05, 0.1) is 29.5 Å². The van der Waals surface area contributed by atoms with Gasteiger partial charge >= 0.3 is 0 Å². The topological polar surface area (TPSA) is 84.3 Å². The van der Waals surface area contributed by atoms with Crippen LogP contribution in [0.3, 0.4) is 0 Å². The van der Waals surface area contributed by atoms with Crippen LogP contribution in [0.4, 0.5) is 5.69 Å². The predicted octanol–water partition coefficient (Wildman–Crippen LogP) is 2.20. The van der Waals surface area contributed by atoms with E-state index in [4.69, 9.17) is 0 Å². The van der Waals surface area contributed by atoms with Crippen molar-refractivity contribution in [1.29, 1.82) is 0 Å². The molecule has 0 atom stereocenters. The molecule has 7 nitrogen and oxygen atoms in total. The van der Waals surface area contributed by atoms with Crippen molar-refractivity contribution in [2.75, 3.05) is 17.6 Å². The fourth-order valence-electron chi connectivity index (χ4n) is 2.70. The van der Waals surface area contributed by atoms with Crippen LogP contribution in [0.15, 0.2) is 67.3 Å². The Labute approximate surface area is 158 Å². The molecular formula is C19H20N4O3S. The Morgan fingerprint density at radius 1 is 1.15 bits per heavy atom. The monoisotopic (exact) mass is 384 g/mol. The second-order valence-electron chi connectivity index (χ2n) is 6.03. The summed E-state index contributed by atoms with van der Waals surface area (Å²) in [6, 6.07) is 14.3. The Balaban J connectivity index is 1.83. The number of aromatic nitrogens is 2. The van der Waals surface area contributed by atoms with E-state index in [0.29, 0.717) is 17.8 Å². The number of hydrogen-bond donors (Lipinski definition) is 1. The van der Waals surface area contributed by atoms with Crippen LogP contribution in [0.2, 0.25) is 0 Å². The minimum atomic E-state index is -3.47. The molecule has 0 saturated carbocycles. The van der Waals surface area contributed by atoms with Gasteiger partial charge in [-0.2, -0.15) is 0 Å². The standard InChI is InChI=1S/C19H20N4O3S/c1-22(27(2,25)26)18-10-6-4-8-16(18)19(24)21-13-15-7-3-5-9-17(15)23-12-11-20-14-23/h3-12,14H,13H2,1-2H3,(H,21,24). The molecule has 0 bridgehead atoms. The number of carbonyl (C=O) groups excluding carboxylic acids is 1. The van der Waals surface area contributed by atoms with Gasteiger partial charge in [0, 0.05) is 26.0 Å². The van der Waals surface area contributed by atoms with E-state index in [1.165, 1.54) is 7.05 Å². The Hall–Kier alpha value is -3.13. The van der Waals surface area contributed by atoms with Gasteiger partial charge in [0.2, 0.25) is 10.0 Å². The van der Waals surface area contributed by atoms with Gasteiger partial charge < -0.3 is 9.88 Å². The summed E-state index contributed by atoms with van der Waals surface area (Å²) >= 11 is 0. The van der Waals surface area contributed by atoms with E-state index in [0.717, 1.165) is 21.8 Å². The molecule has 0 aliphatic carbocycles. The molecule has 2 aromatic carbocycles. The first-order chi connectivity index (χ1) is 12.9. The van der Waals surface area contributed by atoms with E-state index in [9.17, 15) is 13.2 Å². The normalized spacial score (nSPS) is 11.2. The molecule has 0 spiro atoms. The molecule has 1 amide bonds. The third-order valence-corrected chi connectivity index (χ3v) is 5.39. The fraction of sp³-hybridized carbons (Fsp3) is 0.158. The van der Waals surface area contributed by atoms with E-state index in [1.807, 2.05) is 35.0 Å². The summed E-state index contributed by atoms with van der Waals surface area (Å²) < 4.78 is 26.7. The molecule has 8 heteroatoms. The largest absolute Gasteiger partial charge is 0.348 e. The molecule has 0 aliphatic heterocycles. The molecule has 3 aromatic rings. The fourth-order valence-corrected chi connectivity index (χ4v) is 3.22. The van der Waals surface area contributed by atoms with Crippen LogP contribution in [0, 0.1) is 0 Å². The average molecular weight is 384 g/mol. The highest BCUT2D eigenvalue weighted by molar-refractivity contribution is 7.92. The third-order valence-electron chi connectivity index (χ3n) is 4.20. The molecule has 1 heterocycles. The summed E-state index contributed by atoms with van der Waals surface area (Å²) in [5.74, 6) is -0.346. The van der Waals surface area contributed by atoms with E-state index in [1.54, 1.807) is 36.8 Å². The van der Waals surface area contributed by atoms with Crippen LogP contribution >= 0.6 is 0 Å². The number of amides is 1. The Morgan fingerprint density at radius 2 is 1.85 bits per heavy atom. The van der Waals surface area contributed by atoms with Crippen LogP contribution in [0.1, 0.15) is 15.9 Å². The SMILES string of the molecule is CN(c1ccccc1C(=O)NCc1ccccc1-n1ccnc1)S(C)(=O)=O. The van der Waals surface area contributed by atoms with E-state index in [2.05, 4.69) is 10.3 Å². The maximum absolute atomic E-state index is 12.7. The molecule has 0 saturated heterocycles. The van der Waals surface area contributed by atoms with Crippen LogP contribution in [-0.4, -0.2) is 37.2 Å². The molecule has 140 valence electrons. The number of nitrogens with zero attached hydrogens (tertiary/aromatic N) is 3. The first-order valence-corrected chi connectivity index (χ1v) is 10.1. The molecule has 0 radical (unpaired) electrons. The zero-order valence-electron chi connectivity index (χ0n) is 15.0. The minimum absolute atomic E-state index is 0.296. The number of anilines is 1. The minimum Gasteiger partial charge on any atom is -0.348 e. The number of nitrogens with one attached hydrogen (secondary N) is 1. The lowest BCUT2D eigenvalue weighted by atomic mass is 10.1. The summed E-state index contributed by atoms with van der Waals surface area (Å²) in [6.07, 6.45) is 6.31. The maximum Gasteiger partial charge on any atom is 0.253 e. The molecule has 0 aliphatic rings. The highest BCUT2D eigenvalue weighted by Crippen LogP contribution is 2.21. The highest BCUT2D eigenvalue weighted by Gasteiger charge is 2.19. The molecule has 27 heavy (non-hydrogen) atoms. The van der Waals surface area contributed by atoms with Gasteiger partial charge in [-0.3, -0.25) is 9.10 Å². The van der Waals surface area contributed by atoms with E-state index >= 15 is 0 Å². The number of hydrogen-bond acceptors (Lipinski definition) is 4. The summed E-state index contributed by atoms with van der Waals surface area (Å²) in [7, 11) is -2.05. The Kier molecular flexibility index (Phi) is 5.27. The molecule has 0 unspecified atom stereocenters. The highest BCUT2D eigenvalue weighted by atomic mass is 32.2. The number of carbonyl (C=O) groups is 1. The number of rotatable bonds is 6. The van der Waals surface area contributed by atoms with Crippen LogP contribution in [0.5, 0.6) is 0 Å². The van der Waals surface area contributed by atoms with Gasteiger partial charge in [-0.25, -0.2) is 13.4 Å². The lowest BCUT2D eigenvalue weighted by Crippen LogP contribution is -2.30. The van der Waals surface area contributed by atoms with Gasteiger partial charge in [-0.1, -0.05) is 30.3 Å². The van der Waals surface area contributed by atoms with Crippen LogP contribution < -0.4 is 9.62 Å². The van der Waals surface area contributed by atoms with Crippen LogP contribution in [0.25, 0.3) is 5.69 Å². The Morgan fingerprint density at radius 3 is 2.56 bits per heavy atom. The second-order valence-corrected chi connectivity index (χ2v) is 8.04. The van der Waals surface area contributed by atoms with Gasteiger partial charge in [0.1, 0.15) is 0 Å². The molecule has 3 rings (SSSR count). The van der Waals surface area contributed by atoms with Gasteiger partial charge in [-0.05, 0) is 23.8 Å². The quantitative estimate of drug-likeness (QED) is 0.706. The zero-order chi connectivity index (χ0) is 19.4. The first kappa shape index (κ1) is 18.7. The van der Waals surface area contributed by atoms with Crippen molar-refractivity contribution >= 4 is 21.6 Å². The second kappa shape index (κ2) is 7.63. The predicted molar refractivity (Wildman–Crippen MR) is 104 cm³/mol. The number of imidazole rings is 1. The summed E-state index contributed by atoms with van der Waals surface area (Å²) in [5, 5.41) is 2.87. The summed E-state index contributed by atoms with van der Waals surface area (Å²) in [4.78, 5) is 16.8. The van der Waals surface area contributed by atoms with Crippen molar-refractivity contribution in [2.45, 2.75) is 6.54 Å². The van der Waals surface area contributed by atoms with Crippen molar-refractivity contribution in [3.8, 4) is 5.69 Å². The molecule has 0 fully saturated rings. The third kappa shape index (κ3) is 4.17. The van der Waals surface area contributed by atoms with Gasteiger partial charge in [0.25, 0.3) is 5.91 Å². The zero-order valence-corrected chi connectivity index (χ0v) is 15.8. The molecule has 1 aromatic heterocycles. The maximum atomic E-state index is 12.7. The molecule has 1 N–H and O–H groups in total. The number of sulfonamides is 1. The Bertz CT molecular complexity index is 1050. The van der Waals surface area contributed by atoms with E-state index < -0.39 is 10.0 Å². The smallest absolute Gasteiger partial charge is 0.253 e. The lowest BCUT2D eigenvalue weighted by molar-refractivity contribution is 0.0951. The lowest BCUT2D eigenvalue weighted by Gasteiger charge is -2.20. The van der Waals surface area contributed by atoms with Crippen LogP contribution in [-0.2, 0) is 16.6 Å². The number of para-hydroxylation sites is 2.